The molecule has 0 aliphatic carbocycles. The molecule has 0 spiro atoms. The number of nitrogens with zero attached hydrogens (tertiary/aromatic N) is 3. The number of pyridine rings is 2. The molecule has 5 nitrogen and oxygen atoms in total. The second-order valence-electron chi connectivity index (χ2n) is 12.8. The minimum absolute atomic E-state index is 0. The van der Waals surface area contributed by atoms with E-state index in [0.717, 1.165) is 44.1 Å². The van der Waals surface area contributed by atoms with Crippen molar-refractivity contribution in [1.29, 1.82) is 0 Å². The Hall–Kier alpha value is -3.69. The number of ether oxygens (including phenoxy) is 1. The van der Waals surface area contributed by atoms with Crippen molar-refractivity contribution in [1.82, 2.24) is 14.5 Å². The molecule has 0 aliphatic heterocycles. The van der Waals surface area contributed by atoms with Crippen LogP contribution in [0.15, 0.2) is 66.9 Å². The first-order chi connectivity index (χ1) is 20.5. The van der Waals surface area contributed by atoms with E-state index in [1.54, 1.807) is 0 Å². The fourth-order valence-electron chi connectivity index (χ4n) is 5.91. The Morgan fingerprint density at radius 1 is 0.705 bits per heavy atom. The van der Waals surface area contributed by atoms with Gasteiger partial charge in [0, 0.05) is 50.0 Å². The molecule has 6 aromatic rings. The van der Waals surface area contributed by atoms with Crippen molar-refractivity contribution in [3.8, 4) is 23.2 Å². The molecule has 0 radical (unpaired) electrons. The minimum Gasteiger partial charge on any atom is -0.505 e. The van der Waals surface area contributed by atoms with Crippen LogP contribution >= 0.6 is 0 Å². The smallest absolute Gasteiger partial charge is 0.217 e. The van der Waals surface area contributed by atoms with Crippen molar-refractivity contribution in [3.63, 3.8) is 0 Å². The van der Waals surface area contributed by atoms with Crippen molar-refractivity contribution in [2.24, 2.45) is 0 Å². The Morgan fingerprint density at radius 2 is 1.36 bits per heavy atom. The number of phenolic OH excluding ortho intramolecular Hbond substituents is 1. The number of benzene rings is 3. The Kier molecular flexibility index (Phi) is 8.91. The number of aromatic nitrogens is 3. The second-order valence-corrected chi connectivity index (χ2v) is 12.8. The number of hydrogen-bond acceptors (Lipinski definition) is 4. The molecule has 3 aromatic heterocycles. The molecule has 6 rings (SSSR count). The molecule has 0 atom stereocenters. The van der Waals surface area contributed by atoms with Crippen LogP contribution < -0.4 is 4.74 Å². The van der Waals surface area contributed by atoms with Gasteiger partial charge in [0.2, 0.25) is 5.88 Å². The third-order valence-corrected chi connectivity index (χ3v) is 8.46. The SMILES string of the molecule is CC(C)c1ccnc(-n2c3[c-]c(Oc4cc(C(C)C)c5ccc(C(C)C)c(O)c5n4)ccc3c3ccc(C(C)C)cc32)c1.[Pt]. The van der Waals surface area contributed by atoms with Crippen molar-refractivity contribution >= 4 is 32.7 Å². The maximum Gasteiger partial charge on any atom is 0.217 e. The first-order valence-corrected chi connectivity index (χ1v) is 15.3. The zero-order valence-corrected chi connectivity index (χ0v) is 28.9. The third-order valence-electron chi connectivity index (χ3n) is 8.46. The van der Waals surface area contributed by atoms with E-state index in [1.165, 1.54) is 11.1 Å². The number of fused-ring (bicyclic) bond motifs is 4. The standard InChI is InChI=1S/C38H40N3O2.Pt/c1-21(2)25-9-11-29-30-12-10-27(19-34(30)41(33(29)17-25)35-18-26(22(3)4)15-16-39-35)43-36-20-32(24(7)8)31-14-13-28(23(5)6)38(42)37(31)40-36;/h9-18,20-24,42H,1-8H3;/q-1;. The predicted octanol–water partition coefficient (Wildman–Crippen LogP) is 10.5. The van der Waals surface area contributed by atoms with E-state index >= 15 is 0 Å². The maximum atomic E-state index is 11.2. The first kappa shape index (κ1) is 31.7. The number of phenols is 1. The van der Waals surface area contributed by atoms with E-state index in [4.69, 9.17) is 14.7 Å². The van der Waals surface area contributed by atoms with Crippen LogP contribution in [0.1, 0.15) is 101 Å². The first-order valence-electron chi connectivity index (χ1n) is 15.3. The van der Waals surface area contributed by atoms with Crippen LogP contribution in [-0.4, -0.2) is 19.6 Å². The van der Waals surface area contributed by atoms with Crippen LogP contribution in [0.4, 0.5) is 0 Å². The van der Waals surface area contributed by atoms with Crippen LogP contribution in [0.25, 0.3) is 38.5 Å². The van der Waals surface area contributed by atoms with E-state index < -0.39 is 0 Å². The number of rotatable bonds is 7. The Balaban J connectivity index is 0.00000384. The molecule has 230 valence electrons. The van der Waals surface area contributed by atoms with E-state index in [1.807, 2.05) is 24.4 Å². The molecule has 0 saturated carbocycles. The Labute approximate surface area is 274 Å². The third kappa shape index (κ3) is 5.63. The number of hydrogen-bond donors (Lipinski definition) is 1. The van der Waals surface area contributed by atoms with Crippen LogP contribution in [0, 0.1) is 6.07 Å². The largest absolute Gasteiger partial charge is 0.505 e. The molecule has 3 aromatic carbocycles. The summed E-state index contributed by atoms with van der Waals surface area (Å²) in [6.45, 7) is 17.3. The molecule has 0 aliphatic rings. The van der Waals surface area contributed by atoms with Gasteiger partial charge >= 0.3 is 0 Å². The molecule has 6 heteroatoms. The van der Waals surface area contributed by atoms with Gasteiger partial charge in [-0.2, -0.15) is 6.07 Å². The molecule has 3 heterocycles. The van der Waals surface area contributed by atoms with Gasteiger partial charge in [0.05, 0.1) is 0 Å². The molecule has 1 N–H and O–H groups in total. The van der Waals surface area contributed by atoms with Crippen molar-refractivity contribution in [2.45, 2.75) is 79.1 Å². The van der Waals surface area contributed by atoms with Gasteiger partial charge in [-0.05, 0) is 69.5 Å². The van der Waals surface area contributed by atoms with Gasteiger partial charge in [-0.25, -0.2) is 9.97 Å². The fraction of sp³-hybridized carbons (Fsp3) is 0.316. The fourth-order valence-corrected chi connectivity index (χ4v) is 5.91. The van der Waals surface area contributed by atoms with Crippen LogP contribution in [0.5, 0.6) is 17.4 Å². The van der Waals surface area contributed by atoms with Crippen molar-refractivity contribution in [2.75, 3.05) is 0 Å². The average molecular weight is 766 g/mol. The summed E-state index contributed by atoms with van der Waals surface area (Å²) in [5.74, 6) is 3.25. The number of aromatic hydroxyl groups is 1. The van der Waals surface area contributed by atoms with Crippen LogP contribution in [0.2, 0.25) is 0 Å². The van der Waals surface area contributed by atoms with Crippen molar-refractivity contribution < 1.29 is 30.9 Å². The molecule has 0 bridgehead atoms. The molecule has 0 unspecified atom stereocenters. The molecule has 0 amide bonds. The molecule has 0 saturated heterocycles. The summed E-state index contributed by atoms with van der Waals surface area (Å²) < 4.78 is 8.64. The van der Waals surface area contributed by atoms with Gasteiger partial charge in [0.25, 0.3) is 0 Å². The topological polar surface area (TPSA) is 60.2 Å². The Morgan fingerprint density at radius 3 is 2.05 bits per heavy atom. The summed E-state index contributed by atoms with van der Waals surface area (Å²) in [4.78, 5) is 9.62. The normalized spacial score (nSPS) is 11.9. The maximum absolute atomic E-state index is 11.2. The van der Waals surface area contributed by atoms with Crippen molar-refractivity contribution in [3.05, 3.63) is 95.2 Å². The monoisotopic (exact) mass is 765 g/mol. The predicted molar refractivity (Wildman–Crippen MR) is 177 cm³/mol. The van der Waals surface area contributed by atoms with E-state index in [0.29, 0.717) is 29.0 Å². The van der Waals surface area contributed by atoms with Gasteiger partial charge in [-0.15, -0.1) is 17.5 Å². The van der Waals surface area contributed by atoms with E-state index in [2.05, 4.69) is 108 Å². The summed E-state index contributed by atoms with van der Waals surface area (Å²) in [7, 11) is 0. The molecule has 0 fully saturated rings. The minimum atomic E-state index is 0. The molecule has 44 heavy (non-hydrogen) atoms. The van der Waals surface area contributed by atoms with Gasteiger partial charge in [0.1, 0.15) is 17.1 Å². The second kappa shape index (κ2) is 12.4. The summed E-state index contributed by atoms with van der Waals surface area (Å²) >= 11 is 0. The zero-order valence-electron chi connectivity index (χ0n) is 26.7. The molecular formula is C38H40N3O2Pt-. The van der Waals surface area contributed by atoms with E-state index in [-0.39, 0.29) is 38.7 Å². The van der Waals surface area contributed by atoms with Crippen LogP contribution in [-0.2, 0) is 21.1 Å². The van der Waals surface area contributed by atoms with Gasteiger partial charge in [-0.3, -0.25) is 0 Å². The average Bonchev–Trinajstić information content (AvgIpc) is 3.29. The summed E-state index contributed by atoms with van der Waals surface area (Å²) in [6, 6.07) is 24.6. The van der Waals surface area contributed by atoms with Gasteiger partial charge < -0.3 is 14.4 Å². The quantitative estimate of drug-likeness (QED) is 0.165. The van der Waals surface area contributed by atoms with E-state index in [9.17, 15) is 5.11 Å². The molecular weight excluding hydrogens is 726 g/mol. The Bertz CT molecular complexity index is 1990. The zero-order chi connectivity index (χ0) is 30.6. The van der Waals surface area contributed by atoms with Crippen LogP contribution in [0.3, 0.4) is 0 Å². The summed E-state index contributed by atoms with van der Waals surface area (Å²) in [5.41, 5.74) is 7.03. The summed E-state index contributed by atoms with van der Waals surface area (Å²) in [6.07, 6.45) is 1.89. The van der Waals surface area contributed by atoms with Gasteiger partial charge in [0.15, 0.2) is 0 Å². The summed E-state index contributed by atoms with van der Waals surface area (Å²) in [5, 5.41) is 14.4. The van der Waals surface area contributed by atoms with Gasteiger partial charge in [-0.1, -0.05) is 85.2 Å².